The van der Waals surface area contributed by atoms with E-state index in [-0.39, 0.29) is 24.0 Å². The van der Waals surface area contributed by atoms with Crippen LogP contribution in [0.5, 0.6) is 11.5 Å². The van der Waals surface area contributed by atoms with Crippen molar-refractivity contribution < 1.29 is 28.6 Å². The van der Waals surface area contributed by atoms with Crippen LogP contribution in [0.25, 0.3) is 0 Å². The molecule has 2 N–H and O–H groups in total. The topological polar surface area (TPSA) is 110 Å². The molecule has 0 radical (unpaired) electrons. The zero-order valence-corrected chi connectivity index (χ0v) is 17.4. The summed E-state index contributed by atoms with van der Waals surface area (Å²) in [7, 11) is 0. The van der Waals surface area contributed by atoms with Crippen LogP contribution < -0.4 is 14.8 Å². The highest BCUT2D eigenvalue weighted by molar-refractivity contribution is 8.15. The molecule has 1 atom stereocenters. The van der Waals surface area contributed by atoms with Crippen molar-refractivity contribution in [1.29, 1.82) is 0 Å². The van der Waals surface area contributed by atoms with Crippen molar-refractivity contribution >= 4 is 35.0 Å². The molecule has 1 fully saturated rings. The fraction of sp³-hybridized carbons (Fsp3) is 0.238. The van der Waals surface area contributed by atoms with Gasteiger partial charge in [-0.15, -0.1) is 5.10 Å². The molecular weight excluding hydrogens is 425 g/mol. The maximum Gasteiger partial charge on any atom is 0.305 e. The van der Waals surface area contributed by atoms with Crippen molar-refractivity contribution in [2.45, 2.75) is 25.2 Å². The minimum atomic E-state index is -1.06. The van der Waals surface area contributed by atoms with Crippen LogP contribution in [0.1, 0.15) is 24.5 Å². The lowest BCUT2D eigenvalue weighted by Gasteiger charge is -2.13. The number of aliphatic carboxylic acids is 1. The number of halogens is 1. The number of amidine groups is 1. The van der Waals surface area contributed by atoms with Gasteiger partial charge < -0.3 is 19.9 Å². The Labute approximate surface area is 182 Å². The van der Waals surface area contributed by atoms with Crippen molar-refractivity contribution in [3.05, 3.63) is 59.4 Å². The summed E-state index contributed by atoms with van der Waals surface area (Å²) in [4.78, 5) is 22.5. The lowest BCUT2D eigenvalue weighted by atomic mass is 10.2. The first-order chi connectivity index (χ1) is 15.0. The Morgan fingerprint density at radius 3 is 2.81 bits per heavy atom. The third kappa shape index (κ3) is 6.29. The number of carbonyl (C=O) groups excluding carboxylic acids is 1. The number of benzene rings is 2. The van der Waals surface area contributed by atoms with Gasteiger partial charge >= 0.3 is 5.97 Å². The minimum absolute atomic E-state index is 0.0578. The molecule has 0 aromatic heterocycles. The highest BCUT2D eigenvalue weighted by Gasteiger charge is 2.32. The highest BCUT2D eigenvalue weighted by Crippen LogP contribution is 2.29. The number of nitrogens with one attached hydrogen (secondary N) is 1. The van der Waals surface area contributed by atoms with Crippen molar-refractivity contribution in [2.75, 3.05) is 6.61 Å². The van der Waals surface area contributed by atoms with E-state index >= 15 is 0 Å². The van der Waals surface area contributed by atoms with Crippen LogP contribution in [-0.4, -0.2) is 40.2 Å². The summed E-state index contributed by atoms with van der Waals surface area (Å²) >= 11 is 1.02. The predicted molar refractivity (Wildman–Crippen MR) is 115 cm³/mol. The molecule has 162 valence electrons. The number of carboxylic acid groups (broad SMARTS) is 1. The van der Waals surface area contributed by atoms with Crippen molar-refractivity contribution in [3.63, 3.8) is 0 Å². The van der Waals surface area contributed by atoms with Crippen LogP contribution >= 0.6 is 11.8 Å². The Bertz CT molecular complexity index is 1030. The summed E-state index contributed by atoms with van der Waals surface area (Å²) in [6, 6.07) is 11.5. The lowest BCUT2D eigenvalue weighted by Crippen LogP contribution is -2.26. The molecule has 1 unspecified atom stereocenters. The molecule has 0 saturated carbocycles. The molecule has 10 heteroatoms. The number of nitrogens with zero attached hydrogens (tertiary/aromatic N) is 2. The molecule has 31 heavy (non-hydrogen) atoms. The maximum absolute atomic E-state index is 13.8. The number of rotatable bonds is 9. The fourth-order valence-electron chi connectivity index (χ4n) is 2.66. The van der Waals surface area contributed by atoms with E-state index in [0.29, 0.717) is 29.2 Å². The second-order valence-corrected chi connectivity index (χ2v) is 7.55. The standard InChI is InChI=1S/C21H20FN3O5S/c1-2-29-17-9-13(7-8-16(17)30-12-14-5-3-4-6-15(14)22)11-23-25-21-24-20(28)18(31-21)10-19(26)27/h3-9,11,18H,2,10,12H2,1H3,(H,26,27)(H,24,25,28). The van der Waals surface area contributed by atoms with Gasteiger partial charge in [-0.1, -0.05) is 30.0 Å². The first-order valence-corrected chi connectivity index (χ1v) is 10.3. The summed E-state index contributed by atoms with van der Waals surface area (Å²) in [6.07, 6.45) is 1.18. The van der Waals surface area contributed by atoms with Gasteiger partial charge in [-0.05, 0) is 36.8 Å². The molecule has 1 heterocycles. The SMILES string of the molecule is CCOc1cc(C=NN=C2NC(=O)C(CC(=O)O)S2)ccc1OCc1ccccc1F. The molecule has 1 aliphatic rings. The monoisotopic (exact) mass is 445 g/mol. The number of carbonyl (C=O) groups is 2. The number of thioether (sulfide) groups is 1. The minimum Gasteiger partial charge on any atom is -0.490 e. The van der Waals surface area contributed by atoms with E-state index in [1.807, 2.05) is 6.92 Å². The largest absolute Gasteiger partial charge is 0.490 e. The first-order valence-electron chi connectivity index (χ1n) is 9.39. The Morgan fingerprint density at radius 1 is 1.26 bits per heavy atom. The highest BCUT2D eigenvalue weighted by atomic mass is 32.2. The smallest absolute Gasteiger partial charge is 0.305 e. The zero-order chi connectivity index (χ0) is 22.2. The Kier molecular flexibility index (Phi) is 7.60. The van der Waals surface area contributed by atoms with Crippen LogP contribution in [0.15, 0.2) is 52.7 Å². The lowest BCUT2D eigenvalue weighted by molar-refractivity contribution is -0.138. The van der Waals surface area contributed by atoms with Crippen LogP contribution in [0.2, 0.25) is 0 Å². The first kappa shape index (κ1) is 22.3. The van der Waals surface area contributed by atoms with Crippen molar-refractivity contribution in [2.24, 2.45) is 10.2 Å². The second kappa shape index (κ2) is 10.6. The molecule has 0 bridgehead atoms. The van der Waals surface area contributed by atoms with E-state index in [4.69, 9.17) is 14.6 Å². The Hall–Kier alpha value is -3.40. The normalized spacial score (nSPS) is 17.2. The Morgan fingerprint density at radius 2 is 2.06 bits per heavy atom. The number of ether oxygens (including phenoxy) is 2. The molecular formula is C21H20FN3O5S. The number of hydrogen-bond donors (Lipinski definition) is 2. The van der Waals surface area contributed by atoms with E-state index < -0.39 is 17.1 Å². The zero-order valence-electron chi connectivity index (χ0n) is 16.6. The number of amides is 1. The van der Waals surface area contributed by atoms with E-state index in [1.165, 1.54) is 12.3 Å². The number of hydrogen-bond acceptors (Lipinski definition) is 7. The predicted octanol–water partition coefficient (Wildman–Crippen LogP) is 3.20. The average Bonchev–Trinajstić information content (AvgIpc) is 3.07. The molecule has 8 nitrogen and oxygen atoms in total. The maximum atomic E-state index is 13.8. The molecule has 1 aliphatic heterocycles. The second-order valence-electron chi connectivity index (χ2n) is 6.36. The van der Waals surface area contributed by atoms with E-state index in [0.717, 1.165) is 11.8 Å². The molecule has 1 amide bonds. The van der Waals surface area contributed by atoms with Gasteiger partial charge in [0.15, 0.2) is 16.7 Å². The fourth-order valence-corrected chi connectivity index (χ4v) is 3.57. The Balaban J connectivity index is 1.67. The van der Waals surface area contributed by atoms with Gasteiger partial charge in [0.2, 0.25) is 5.91 Å². The molecule has 1 saturated heterocycles. The van der Waals surface area contributed by atoms with Gasteiger partial charge in [-0.25, -0.2) is 4.39 Å². The third-order valence-corrected chi connectivity index (χ3v) is 5.17. The molecule has 2 aromatic carbocycles. The van der Waals surface area contributed by atoms with Gasteiger partial charge in [0, 0.05) is 5.56 Å². The molecule has 0 spiro atoms. The molecule has 0 aliphatic carbocycles. The van der Waals surface area contributed by atoms with Crippen molar-refractivity contribution in [1.82, 2.24) is 5.32 Å². The summed E-state index contributed by atoms with van der Waals surface area (Å²) in [5, 5.41) is 18.7. The average molecular weight is 445 g/mol. The van der Waals surface area contributed by atoms with Gasteiger partial charge in [0.05, 0.1) is 19.2 Å². The van der Waals surface area contributed by atoms with Crippen LogP contribution in [-0.2, 0) is 16.2 Å². The molecule has 2 aromatic rings. The quantitative estimate of drug-likeness (QED) is 0.453. The van der Waals surface area contributed by atoms with Gasteiger partial charge in [-0.2, -0.15) is 5.10 Å². The van der Waals surface area contributed by atoms with Gasteiger partial charge in [0.1, 0.15) is 17.7 Å². The van der Waals surface area contributed by atoms with E-state index in [2.05, 4.69) is 15.5 Å². The third-order valence-electron chi connectivity index (χ3n) is 4.10. The summed E-state index contributed by atoms with van der Waals surface area (Å²) in [5.41, 5.74) is 1.10. The van der Waals surface area contributed by atoms with Gasteiger partial charge in [0.25, 0.3) is 0 Å². The summed E-state index contributed by atoms with van der Waals surface area (Å²) in [5.74, 6) is -0.871. The van der Waals surface area contributed by atoms with Crippen LogP contribution in [0.4, 0.5) is 4.39 Å². The summed E-state index contributed by atoms with van der Waals surface area (Å²) < 4.78 is 25.1. The van der Waals surface area contributed by atoms with Crippen molar-refractivity contribution in [3.8, 4) is 11.5 Å². The van der Waals surface area contributed by atoms with E-state index in [1.54, 1.807) is 36.4 Å². The number of carboxylic acids is 1. The van der Waals surface area contributed by atoms with Gasteiger partial charge in [-0.3, -0.25) is 9.59 Å². The molecule has 3 rings (SSSR count). The van der Waals surface area contributed by atoms with Crippen LogP contribution in [0, 0.1) is 5.82 Å². The summed E-state index contributed by atoms with van der Waals surface area (Å²) in [6.45, 7) is 2.30. The van der Waals surface area contributed by atoms with E-state index in [9.17, 15) is 14.0 Å². The van der Waals surface area contributed by atoms with Crippen LogP contribution in [0.3, 0.4) is 0 Å².